The number of hydrogen-bond donors (Lipinski definition) is 2. The summed E-state index contributed by atoms with van der Waals surface area (Å²) in [4.78, 5) is 22.7. The second-order valence-electron chi connectivity index (χ2n) is 9.13. The number of amides is 1. The van der Waals surface area contributed by atoms with E-state index in [9.17, 15) is 4.79 Å². The van der Waals surface area contributed by atoms with Crippen LogP contribution < -0.4 is 11.1 Å². The Labute approximate surface area is 231 Å². The van der Waals surface area contributed by atoms with Crippen molar-refractivity contribution in [3.63, 3.8) is 0 Å². The first-order valence-electron chi connectivity index (χ1n) is 12.7. The third-order valence-corrected chi connectivity index (χ3v) is 6.60. The van der Waals surface area contributed by atoms with E-state index in [1.54, 1.807) is 24.0 Å². The van der Waals surface area contributed by atoms with Crippen molar-refractivity contribution < 1.29 is 4.79 Å². The molecule has 0 fully saturated rings. The van der Waals surface area contributed by atoms with E-state index in [0.717, 1.165) is 28.2 Å². The van der Waals surface area contributed by atoms with E-state index in [2.05, 4.69) is 38.9 Å². The quantitative estimate of drug-likeness (QED) is 0.246. The number of nitrogens with zero attached hydrogens (tertiary/aromatic N) is 7. The molecule has 200 valence electrons. The van der Waals surface area contributed by atoms with Crippen LogP contribution in [-0.2, 0) is 7.05 Å². The molecule has 5 rings (SSSR count). The number of imidazole rings is 1. The zero-order chi connectivity index (χ0) is 28.4. The van der Waals surface area contributed by atoms with Crippen LogP contribution in [0.15, 0.2) is 66.3 Å². The van der Waals surface area contributed by atoms with Gasteiger partial charge in [0.15, 0.2) is 11.6 Å². The Morgan fingerprint density at radius 2 is 1.95 bits per heavy atom. The number of aryl methyl sites for hydroxylation is 1. The fourth-order valence-corrected chi connectivity index (χ4v) is 4.51. The number of pyridine rings is 1. The lowest BCUT2D eigenvalue weighted by Crippen LogP contribution is -2.27. The molecule has 0 saturated carbocycles. The first kappa shape index (κ1) is 26.2. The van der Waals surface area contributed by atoms with Gasteiger partial charge in [0.05, 0.1) is 40.6 Å². The summed E-state index contributed by atoms with van der Waals surface area (Å²) in [5.41, 5.74) is 12.0. The van der Waals surface area contributed by atoms with E-state index < -0.39 is 11.9 Å². The van der Waals surface area contributed by atoms with Crippen molar-refractivity contribution in [1.29, 1.82) is 0 Å². The summed E-state index contributed by atoms with van der Waals surface area (Å²) in [6.45, 7) is 9.34. The molecule has 0 aliphatic rings. The van der Waals surface area contributed by atoms with Crippen molar-refractivity contribution in [2.75, 3.05) is 5.73 Å². The monoisotopic (exact) mass is 531 g/mol. The highest BCUT2D eigenvalue weighted by molar-refractivity contribution is 6.03. The predicted octanol–water partition coefficient (Wildman–Crippen LogP) is 4.54. The molecule has 10 nitrogen and oxygen atoms in total. The smallest absolute Gasteiger partial charge is 0.259 e. The van der Waals surface area contributed by atoms with Crippen LogP contribution in [0.3, 0.4) is 0 Å². The van der Waals surface area contributed by atoms with Gasteiger partial charge in [-0.25, -0.2) is 14.7 Å². The molecule has 40 heavy (non-hydrogen) atoms. The van der Waals surface area contributed by atoms with Crippen molar-refractivity contribution >= 4 is 35.6 Å². The predicted molar refractivity (Wildman–Crippen MR) is 157 cm³/mol. The number of carbonyl (C=O) groups excluding carboxylic acids is 1. The molecule has 10 heteroatoms. The molecule has 0 unspecified atom stereocenters. The number of nitrogens with two attached hydrogens (primary N) is 1. The van der Waals surface area contributed by atoms with E-state index in [-0.39, 0.29) is 11.4 Å². The molecule has 4 heterocycles. The van der Waals surface area contributed by atoms with Crippen LogP contribution >= 0.6 is 0 Å². The van der Waals surface area contributed by atoms with Gasteiger partial charge in [0.1, 0.15) is 11.2 Å². The summed E-state index contributed by atoms with van der Waals surface area (Å²) >= 11 is 0. The molecule has 0 saturated heterocycles. The topological polar surface area (TPSA) is 120 Å². The highest BCUT2D eigenvalue weighted by Crippen LogP contribution is 2.32. The van der Waals surface area contributed by atoms with Gasteiger partial charge in [-0.05, 0) is 38.8 Å². The zero-order valence-electron chi connectivity index (χ0n) is 22.8. The maximum absolute atomic E-state index is 13.5. The summed E-state index contributed by atoms with van der Waals surface area (Å²) in [5, 5.41) is 11.5. The number of hydrogen-bond acceptors (Lipinski definition) is 6. The number of rotatable bonds is 6. The zero-order valence-corrected chi connectivity index (χ0v) is 22.8. The maximum Gasteiger partial charge on any atom is 0.259 e. The average Bonchev–Trinajstić information content (AvgIpc) is 3.61. The van der Waals surface area contributed by atoms with Crippen LogP contribution in [-0.4, -0.2) is 41.1 Å². The highest BCUT2D eigenvalue weighted by atomic mass is 16.1. The standard InChI is InChI=1S/C30H29N9O/c1-6-32-29-25(28(31)36-38(29)7-2)30(40)34-19(3)26-27(21-12-9-8-10-13-21)39-23(14-11-15-24(39)35-26)17-16-22-18-33-37(5)20(22)4/h6-15,18-19H,2H2,1,3-5H3,(H2,31,36)(H,34,40)/b32-6-/t19-/m1/s1. The van der Waals surface area contributed by atoms with Crippen molar-refractivity contribution in [1.82, 2.24) is 34.3 Å². The molecule has 4 aromatic heterocycles. The first-order chi connectivity index (χ1) is 19.3. The normalized spacial score (nSPS) is 11.9. The fraction of sp³-hybridized carbons (Fsp3) is 0.167. The Hall–Kier alpha value is -5.43. The molecular formula is C30H29N9O. The van der Waals surface area contributed by atoms with Crippen molar-refractivity contribution in [2.45, 2.75) is 26.8 Å². The summed E-state index contributed by atoms with van der Waals surface area (Å²) in [6.07, 6.45) is 4.78. The minimum absolute atomic E-state index is 0.0618. The van der Waals surface area contributed by atoms with Gasteiger partial charge in [-0.3, -0.25) is 13.9 Å². The van der Waals surface area contributed by atoms with Gasteiger partial charge in [0, 0.05) is 25.0 Å². The Kier molecular flexibility index (Phi) is 7.03. The fourth-order valence-electron chi connectivity index (χ4n) is 4.51. The summed E-state index contributed by atoms with van der Waals surface area (Å²) in [5.74, 6) is 6.51. The van der Waals surface area contributed by atoms with Crippen LogP contribution in [0.5, 0.6) is 0 Å². The second kappa shape index (κ2) is 10.7. The molecule has 0 bridgehead atoms. The number of aliphatic imine (C=N–C) groups is 1. The molecule has 3 N–H and O–H groups in total. The number of anilines is 1. The Balaban J connectivity index is 1.62. The Morgan fingerprint density at radius 1 is 1.18 bits per heavy atom. The molecule has 0 radical (unpaired) electrons. The molecule has 0 aliphatic heterocycles. The third kappa shape index (κ3) is 4.65. The van der Waals surface area contributed by atoms with Crippen LogP contribution in [0.25, 0.3) is 23.1 Å². The minimum atomic E-state index is -0.492. The van der Waals surface area contributed by atoms with Gasteiger partial charge in [-0.15, -0.1) is 5.10 Å². The number of carbonyl (C=O) groups is 1. The lowest BCUT2D eigenvalue weighted by atomic mass is 10.1. The number of nitrogens with one attached hydrogen (secondary N) is 1. The van der Waals surface area contributed by atoms with E-state index in [0.29, 0.717) is 17.2 Å². The maximum atomic E-state index is 13.5. The van der Waals surface area contributed by atoms with Gasteiger partial charge in [0.2, 0.25) is 0 Å². The van der Waals surface area contributed by atoms with E-state index in [4.69, 9.17) is 10.7 Å². The highest BCUT2D eigenvalue weighted by Gasteiger charge is 2.26. The van der Waals surface area contributed by atoms with Gasteiger partial charge in [-0.2, -0.15) is 5.10 Å². The lowest BCUT2D eigenvalue weighted by molar-refractivity contribution is 0.0941. The van der Waals surface area contributed by atoms with Gasteiger partial charge < -0.3 is 11.1 Å². The van der Waals surface area contributed by atoms with Gasteiger partial charge in [0.25, 0.3) is 5.91 Å². The molecule has 5 aromatic rings. The van der Waals surface area contributed by atoms with Crippen LogP contribution in [0.4, 0.5) is 11.6 Å². The lowest BCUT2D eigenvalue weighted by Gasteiger charge is -2.15. The molecule has 1 amide bonds. The van der Waals surface area contributed by atoms with Crippen molar-refractivity contribution in [2.24, 2.45) is 12.0 Å². The van der Waals surface area contributed by atoms with Crippen molar-refractivity contribution in [3.8, 4) is 23.1 Å². The van der Waals surface area contributed by atoms with Crippen LogP contribution in [0.1, 0.15) is 52.9 Å². The molecule has 1 aromatic carbocycles. The number of aromatic nitrogens is 6. The number of benzene rings is 1. The van der Waals surface area contributed by atoms with Crippen molar-refractivity contribution in [3.05, 3.63) is 89.5 Å². The molecular weight excluding hydrogens is 502 g/mol. The Bertz CT molecular complexity index is 1830. The molecule has 0 spiro atoms. The van der Waals surface area contributed by atoms with E-state index >= 15 is 0 Å². The summed E-state index contributed by atoms with van der Waals surface area (Å²) < 4.78 is 5.19. The van der Waals surface area contributed by atoms with E-state index in [1.165, 1.54) is 10.9 Å². The third-order valence-electron chi connectivity index (χ3n) is 6.60. The SMILES string of the molecule is C=Cn1nc(N)c(C(=O)N[C@H](C)c2nc3cccc(C#Cc4cnn(C)c4C)n3c2-c2ccccc2)c1/N=C\C. The van der Waals surface area contributed by atoms with E-state index in [1.807, 2.05) is 73.8 Å². The minimum Gasteiger partial charge on any atom is -0.381 e. The van der Waals surface area contributed by atoms with Gasteiger partial charge >= 0.3 is 0 Å². The van der Waals surface area contributed by atoms with Gasteiger partial charge in [-0.1, -0.05) is 48.9 Å². The number of fused-ring (bicyclic) bond motifs is 1. The summed E-state index contributed by atoms with van der Waals surface area (Å²) in [6, 6.07) is 15.2. The average molecular weight is 532 g/mol. The Morgan fingerprint density at radius 3 is 2.62 bits per heavy atom. The molecule has 0 aliphatic carbocycles. The summed E-state index contributed by atoms with van der Waals surface area (Å²) in [7, 11) is 1.89. The van der Waals surface area contributed by atoms with Crippen LogP contribution in [0.2, 0.25) is 0 Å². The first-order valence-corrected chi connectivity index (χ1v) is 12.7. The number of nitrogen functional groups attached to an aromatic ring is 1. The van der Waals surface area contributed by atoms with Crippen LogP contribution in [0, 0.1) is 18.8 Å². The largest absolute Gasteiger partial charge is 0.381 e. The molecule has 1 atom stereocenters. The second-order valence-corrected chi connectivity index (χ2v) is 9.13.